The minimum Gasteiger partial charge on any atom is -0.316 e. The summed E-state index contributed by atoms with van der Waals surface area (Å²) in [6.07, 6.45) is 7.02. The average Bonchev–Trinajstić information content (AvgIpc) is 2.81. The Hall–Kier alpha value is -0.540. The monoisotopic (exact) mass is 311 g/mol. The summed E-state index contributed by atoms with van der Waals surface area (Å²) in [7, 11) is 0. The van der Waals surface area contributed by atoms with Crippen LogP contribution >= 0.6 is 11.6 Å². The summed E-state index contributed by atoms with van der Waals surface area (Å²) in [6, 6.07) is 0.374. The van der Waals surface area contributed by atoms with Gasteiger partial charge < -0.3 is 5.32 Å². The SMILES string of the molecule is CC(C)CNCC1CCCCC1c1c(Cl)cnn1C(C)C. The normalized spacial score (nSPS) is 23.2. The molecule has 1 aliphatic carbocycles. The Labute approximate surface area is 134 Å². The zero-order chi connectivity index (χ0) is 15.4. The van der Waals surface area contributed by atoms with Crippen LogP contribution in [-0.2, 0) is 0 Å². The molecule has 2 atom stereocenters. The topological polar surface area (TPSA) is 29.9 Å². The smallest absolute Gasteiger partial charge is 0.0820 e. The van der Waals surface area contributed by atoms with Gasteiger partial charge in [-0.25, -0.2) is 0 Å². The van der Waals surface area contributed by atoms with Crippen molar-refractivity contribution in [2.75, 3.05) is 13.1 Å². The number of halogens is 1. The number of hydrogen-bond donors (Lipinski definition) is 1. The van der Waals surface area contributed by atoms with Crippen molar-refractivity contribution in [3.05, 3.63) is 16.9 Å². The second-order valence-electron chi connectivity index (χ2n) is 7.12. The molecule has 0 radical (unpaired) electrons. The lowest BCUT2D eigenvalue weighted by Crippen LogP contribution is -2.32. The van der Waals surface area contributed by atoms with E-state index in [2.05, 4.69) is 42.8 Å². The summed E-state index contributed by atoms with van der Waals surface area (Å²) in [6.45, 7) is 11.1. The molecule has 0 spiro atoms. The molecule has 0 aliphatic heterocycles. The first kappa shape index (κ1) is 16.8. The predicted octanol–water partition coefficient (Wildman–Crippen LogP) is 4.64. The fourth-order valence-corrected chi connectivity index (χ4v) is 3.75. The molecule has 1 fully saturated rings. The van der Waals surface area contributed by atoms with Gasteiger partial charge in [0.15, 0.2) is 0 Å². The molecule has 120 valence electrons. The fraction of sp³-hybridized carbons (Fsp3) is 0.824. The molecule has 2 rings (SSSR count). The van der Waals surface area contributed by atoms with Gasteiger partial charge in [-0.3, -0.25) is 4.68 Å². The first-order valence-electron chi connectivity index (χ1n) is 8.44. The summed E-state index contributed by atoms with van der Waals surface area (Å²) in [4.78, 5) is 0. The molecule has 3 nitrogen and oxygen atoms in total. The summed E-state index contributed by atoms with van der Waals surface area (Å²) in [5.41, 5.74) is 1.27. The van der Waals surface area contributed by atoms with Gasteiger partial charge in [-0.15, -0.1) is 0 Å². The molecule has 1 heterocycles. The number of rotatable bonds is 6. The maximum absolute atomic E-state index is 6.47. The molecule has 1 aromatic heterocycles. The first-order chi connectivity index (χ1) is 10.0. The van der Waals surface area contributed by atoms with Crippen LogP contribution in [0.25, 0.3) is 0 Å². The lowest BCUT2D eigenvalue weighted by Gasteiger charge is -2.33. The molecule has 1 saturated carbocycles. The van der Waals surface area contributed by atoms with Crippen LogP contribution in [0.2, 0.25) is 5.02 Å². The van der Waals surface area contributed by atoms with Crippen molar-refractivity contribution in [1.29, 1.82) is 0 Å². The van der Waals surface area contributed by atoms with E-state index in [9.17, 15) is 0 Å². The largest absolute Gasteiger partial charge is 0.316 e. The first-order valence-corrected chi connectivity index (χ1v) is 8.82. The van der Waals surface area contributed by atoms with Crippen LogP contribution in [0.1, 0.15) is 71.0 Å². The van der Waals surface area contributed by atoms with E-state index in [4.69, 9.17) is 11.6 Å². The third kappa shape index (κ3) is 4.23. The minimum absolute atomic E-state index is 0.374. The molecule has 0 saturated heterocycles. The van der Waals surface area contributed by atoms with E-state index in [1.165, 1.54) is 31.4 Å². The van der Waals surface area contributed by atoms with E-state index >= 15 is 0 Å². The molecule has 0 amide bonds. The van der Waals surface area contributed by atoms with Crippen molar-refractivity contribution in [1.82, 2.24) is 15.1 Å². The van der Waals surface area contributed by atoms with E-state index in [0.29, 0.717) is 23.8 Å². The molecule has 0 aromatic carbocycles. The summed E-state index contributed by atoms with van der Waals surface area (Å²) in [5, 5.41) is 8.99. The maximum atomic E-state index is 6.47. The number of hydrogen-bond acceptors (Lipinski definition) is 2. The quantitative estimate of drug-likeness (QED) is 0.829. The summed E-state index contributed by atoms with van der Waals surface area (Å²) in [5.74, 6) is 1.94. The standard InChI is InChI=1S/C17H30ClN3/c1-12(2)9-19-10-14-7-5-6-8-15(14)17-16(18)11-20-21(17)13(3)4/h11-15,19H,5-10H2,1-4H3. The van der Waals surface area contributed by atoms with Crippen molar-refractivity contribution in [3.63, 3.8) is 0 Å². The number of aromatic nitrogens is 2. The molecular weight excluding hydrogens is 282 g/mol. The lowest BCUT2D eigenvalue weighted by atomic mass is 9.77. The van der Waals surface area contributed by atoms with E-state index in [-0.39, 0.29) is 0 Å². The third-order valence-electron chi connectivity index (χ3n) is 4.50. The van der Waals surface area contributed by atoms with Gasteiger partial charge in [0.2, 0.25) is 0 Å². The van der Waals surface area contributed by atoms with Crippen molar-refractivity contribution in [3.8, 4) is 0 Å². The Morgan fingerprint density at radius 1 is 1.29 bits per heavy atom. The highest BCUT2D eigenvalue weighted by Crippen LogP contribution is 2.41. The zero-order valence-corrected chi connectivity index (χ0v) is 14.7. The average molecular weight is 312 g/mol. The van der Waals surface area contributed by atoms with Gasteiger partial charge in [0.25, 0.3) is 0 Å². The highest BCUT2D eigenvalue weighted by atomic mass is 35.5. The van der Waals surface area contributed by atoms with Gasteiger partial charge in [-0.1, -0.05) is 38.3 Å². The van der Waals surface area contributed by atoms with Gasteiger partial charge in [-0.05, 0) is 51.6 Å². The Morgan fingerprint density at radius 3 is 2.67 bits per heavy atom. The molecule has 2 unspecified atom stereocenters. The highest BCUT2D eigenvalue weighted by Gasteiger charge is 2.31. The van der Waals surface area contributed by atoms with Gasteiger partial charge >= 0.3 is 0 Å². The van der Waals surface area contributed by atoms with Crippen molar-refractivity contribution in [2.45, 2.75) is 65.3 Å². The highest BCUT2D eigenvalue weighted by molar-refractivity contribution is 6.31. The van der Waals surface area contributed by atoms with Crippen LogP contribution in [0.3, 0.4) is 0 Å². The number of nitrogens with zero attached hydrogens (tertiary/aromatic N) is 2. The van der Waals surface area contributed by atoms with Crippen molar-refractivity contribution >= 4 is 11.6 Å². The van der Waals surface area contributed by atoms with E-state index in [1.54, 1.807) is 0 Å². The molecule has 1 aromatic rings. The van der Waals surface area contributed by atoms with Crippen molar-refractivity contribution < 1.29 is 0 Å². The second kappa shape index (κ2) is 7.64. The van der Waals surface area contributed by atoms with Gasteiger partial charge in [0.05, 0.1) is 16.9 Å². The van der Waals surface area contributed by atoms with Crippen LogP contribution in [0.15, 0.2) is 6.20 Å². The van der Waals surface area contributed by atoms with Crippen molar-refractivity contribution in [2.24, 2.45) is 11.8 Å². The predicted molar refractivity (Wildman–Crippen MR) is 90.0 cm³/mol. The molecular formula is C17H30ClN3. The van der Waals surface area contributed by atoms with Crippen LogP contribution in [0, 0.1) is 11.8 Å². The molecule has 4 heteroatoms. The molecule has 1 aliphatic rings. The molecule has 1 N–H and O–H groups in total. The van der Waals surface area contributed by atoms with Gasteiger partial charge in [0, 0.05) is 12.0 Å². The second-order valence-corrected chi connectivity index (χ2v) is 7.53. The van der Waals surface area contributed by atoms with E-state index in [1.807, 2.05) is 6.20 Å². The Balaban J connectivity index is 2.13. The number of nitrogens with one attached hydrogen (secondary N) is 1. The Morgan fingerprint density at radius 2 is 2.00 bits per heavy atom. The Kier molecular flexibility index (Phi) is 6.12. The summed E-state index contributed by atoms with van der Waals surface area (Å²) >= 11 is 6.47. The molecule has 21 heavy (non-hydrogen) atoms. The van der Waals surface area contributed by atoms with E-state index < -0.39 is 0 Å². The van der Waals surface area contributed by atoms with E-state index in [0.717, 1.165) is 18.1 Å². The molecule has 0 bridgehead atoms. The Bertz CT molecular complexity index is 439. The maximum Gasteiger partial charge on any atom is 0.0820 e. The van der Waals surface area contributed by atoms with Gasteiger partial charge in [0.1, 0.15) is 0 Å². The third-order valence-corrected chi connectivity index (χ3v) is 4.79. The van der Waals surface area contributed by atoms with Crippen LogP contribution in [0.5, 0.6) is 0 Å². The van der Waals surface area contributed by atoms with Crippen LogP contribution in [-0.4, -0.2) is 22.9 Å². The van der Waals surface area contributed by atoms with Crippen LogP contribution < -0.4 is 5.32 Å². The van der Waals surface area contributed by atoms with Crippen LogP contribution in [0.4, 0.5) is 0 Å². The fourth-order valence-electron chi connectivity index (χ4n) is 3.48. The minimum atomic E-state index is 0.374. The van der Waals surface area contributed by atoms with Gasteiger partial charge in [-0.2, -0.15) is 5.10 Å². The summed E-state index contributed by atoms with van der Waals surface area (Å²) < 4.78 is 2.13. The zero-order valence-electron chi connectivity index (χ0n) is 13.9. The lowest BCUT2D eigenvalue weighted by molar-refractivity contribution is 0.277.